The van der Waals surface area contributed by atoms with E-state index in [-0.39, 0.29) is 5.41 Å². The molecule has 0 unspecified atom stereocenters. The van der Waals surface area contributed by atoms with Crippen LogP contribution in [0.25, 0.3) is 0 Å². The van der Waals surface area contributed by atoms with Crippen molar-refractivity contribution in [2.45, 2.75) is 18.3 Å². The number of nitrogens with one attached hydrogen (secondary N) is 2. The van der Waals surface area contributed by atoms with Crippen LogP contribution in [0.5, 0.6) is 0 Å². The fraction of sp³-hybridized carbons (Fsp3) is 0.353. The van der Waals surface area contributed by atoms with E-state index in [9.17, 15) is 0 Å². The molecule has 3 rings (SSSR count). The van der Waals surface area contributed by atoms with Crippen molar-refractivity contribution in [1.29, 1.82) is 0 Å². The number of hydrogen-bond acceptors (Lipinski definition) is 4. The minimum Gasteiger partial charge on any atom is -0.381 e. The molecule has 5 nitrogen and oxygen atoms in total. The number of nitrogens with zero attached hydrogens (tertiary/aromatic N) is 2. The van der Waals surface area contributed by atoms with E-state index in [4.69, 9.17) is 28.6 Å². The van der Waals surface area contributed by atoms with Crippen molar-refractivity contribution in [3.05, 3.63) is 53.4 Å². The molecule has 1 fully saturated rings. The standard InChI is InChI=1S/C17H19ClN4OS/c18-14-3-1-2-13(10-14)17(4-8-23-9-5-17)12-21-16(24)22-15-11-19-6-7-20-15/h1-3,6-7,10-11H,4-5,8-9,12H2,(H2,20,21,22,24). The second kappa shape index (κ2) is 7.88. The van der Waals surface area contributed by atoms with Crippen molar-refractivity contribution in [3.63, 3.8) is 0 Å². The van der Waals surface area contributed by atoms with Crippen LogP contribution >= 0.6 is 23.8 Å². The molecule has 2 N–H and O–H groups in total. The third-order valence-corrected chi connectivity index (χ3v) is 4.76. The van der Waals surface area contributed by atoms with Gasteiger partial charge in [0, 0.05) is 42.6 Å². The number of thiocarbonyl (C=S) groups is 1. The molecule has 1 aliphatic rings. The highest BCUT2D eigenvalue weighted by Crippen LogP contribution is 2.35. The van der Waals surface area contributed by atoms with Crippen LogP contribution in [0, 0.1) is 0 Å². The zero-order valence-corrected chi connectivity index (χ0v) is 14.7. The predicted molar refractivity (Wildman–Crippen MR) is 99.4 cm³/mol. The van der Waals surface area contributed by atoms with Crippen LogP contribution in [0.2, 0.25) is 5.02 Å². The zero-order valence-electron chi connectivity index (χ0n) is 13.2. The zero-order chi connectivity index (χ0) is 16.8. The molecular formula is C17H19ClN4OS. The Bertz CT molecular complexity index is 692. The summed E-state index contributed by atoms with van der Waals surface area (Å²) in [4.78, 5) is 8.18. The molecule has 7 heteroatoms. The van der Waals surface area contributed by atoms with Crippen molar-refractivity contribution in [1.82, 2.24) is 15.3 Å². The van der Waals surface area contributed by atoms with E-state index in [1.807, 2.05) is 18.2 Å². The van der Waals surface area contributed by atoms with Crippen LogP contribution in [0.3, 0.4) is 0 Å². The van der Waals surface area contributed by atoms with Gasteiger partial charge in [-0.2, -0.15) is 0 Å². The summed E-state index contributed by atoms with van der Waals surface area (Å²) in [6, 6.07) is 8.04. The number of halogens is 1. The molecule has 0 atom stereocenters. The molecule has 1 aliphatic heterocycles. The number of aromatic nitrogens is 2. The topological polar surface area (TPSA) is 59.1 Å². The average molecular weight is 363 g/mol. The van der Waals surface area contributed by atoms with Gasteiger partial charge in [0.15, 0.2) is 10.9 Å². The maximum absolute atomic E-state index is 6.19. The van der Waals surface area contributed by atoms with Crippen LogP contribution in [0.15, 0.2) is 42.9 Å². The Kier molecular flexibility index (Phi) is 5.60. The number of hydrogen-bond donors (Lipinski definition) is 2. The SMILES string of the molecule is S=C(NCC1(c2cccc(Cl)c2)CCOCC1)Nc1cnccn1. The van der Waals surface area contributed by atoms with Crippen molar-refractivity contribution < 1.29 is 4.74 Å². The molecular weight excluding hydrogens is 344 g/mol. The van der Waals surface area contributed by atoms with E-state index in [1.54, 1.807) is 18.6 Å². The molecule has 126 valence electrons. The monoisotopic (exact) mass is 362 g/mol. The lowest BCUT2D eigenvalue weighted by molar-refractivity contribution is 0.0515. The summed E-state index contributed by atoms with van der Waals surface area (Å²) in [5, 5.41) is 7.64. The molecule has 0 saturated carbocycles. The van der Waals surface area contributed by atoms with Gasteiger partial charge in [-0.05, 0) is 42.8 Å². The fourth-order valence-electron chi connectivity index (χ4n) is 2.92. The van der Waals surface area contributed by atoms with Crippen molar-refractivity contribution in [2.75, 3.05) is 25.1 Å². The highest BCUT2D eigenvalue weighted by Gasteiger charge is 2.34. The molecule has 1 aromatic heterocycles. The molecule has 0 radical (unpaired) electrons. The Balaban J connectivity index is 1.70. The van der Waals surface area contributed by atoms with E-state index in [2.05, 4.69) is 26.7 Å². The van der Waals surface area contributed by atoms with E-state index in [0.29, 0.717) is 17.5 Å². The second-order valence-electron chi connectivity index (χ2n) is 5.80. The molecule has 2 heterocycles. The Morgan fingerprint density at radius 3 is 2.83 bits per heavy atom. The summed E-state index contributed by atoms with van der Waals surface area (Å²) in [6.45, 7) is 2.18. The number of benzene rings is 1. The quantitative estimate of drug-likeness (QED) is 0.815. The summed E-state index contributed by atoms with van der Waals surface area (Å²) >= 11 is 11.6. The first-order chi connectivity index (χ1) is 11.7. The van der Waals surface area contributed by atoms with Crippen LogP contribution in [0.1, 0.15) is 18.4 Å². The lowest BCUT2D eigenvalue weighted by Crippen LogP contribution is -2.45. The van der Waals surface area contributed by atoms with E-state index in [1.165, 1.54) is 5.56 Å². The van der Waals surface area contributed by atoms with Crippen LogP contribution in [0.4, 0.5) is 5.82 Å². The van der Waals surface area contributed by atoms with Crippen molar-refractivity contribution >= 4 is 34.7 Å². The summed E-state index contributed by atoms with van der Waals surface area (Å²) in [5.74, 6) is 0.624. The van der Waals surface area contributed by atoms with Gasteiger partial charge in [-0.15, -0.1) is 0 Å². The van der Waals surface area contributed by atoms with Gasteiger partial charge in [0.25, 0.3) is 0 Å². The Labute approximate surface area is 151 Å². The minimum atomic E-state index is -0.0444. The van der Waals surface area contributed by atoms with E-state index in [0.717, 1.165) is 31.1 Å². The van der Waals surface area contributed by atoms with Crippen LogP contribution in [-0.4, -0.2) is 34.8 Å². The molecule has 1 aromatic carbocycles. The van der Waals surface area contributed by atoms with Crippen LogP contribution in [-0.2, 0) is 10.2 Å². The van der Waals surface area contributed by atoms with Gasteiger partial charge in [0.05, 0.1) is 6.20 Å². The second-order valence-corrected chi connectivity index (χ2v) is 6.65. The largest absolute Gasteiger partial charge is 0.381 e. The Morgan fingerprint density at radius 1 is 1.29 bits per heavy atom. The first-order valence-corrected chi connectivity index (χ1v) is 8.61. The molecule has 2 aromatic rings. The third kappa shape index (κ3) is 4.20. The third-order valence-electron chi connectivity index (χ3n) is 4.28. The predicted octanol–water partition coefficient (Wildman–Crippen LogP) is 3.16. The molecule has 1 saturated heterocycles. The molecule has 0 amide bonds. The van der Waals surface area contributed by atoms with Gasteiger partial charge in [-0.25, -0.2) is 4.98 Å². The van der Waals surface area contributed by atoms with Gasteiger partial charge in [-0.3, -0.25) is 4.98 Å². The number of rotatable bonds is 4. The minimum absolute atomic E-state index is 0.0444. The molecule has 24 heavy (non-hydrogen) atoms. The van der Waals surface area contributed by atoms with Gasteiger partial charge in [0.2, 0.25) is 0 Å². The van der Waals surface area contributed by atoms with Gasteiger partial charge in [-0.1, -0.05) is 23.7 Å². The first-order valence-electron chi connectivity index (χ1n) is 7.83. The van der Waals surface area contributed by atoms with Gasteiger partial charge in [0.1, 0.15) is 0 Å². The first kappa shape index (κ1) is 17.1. The normalized spacial score (nSPS) is 16.4. The number of ether oxygens (including phenoxy) is 1. The maximum atomic E-state index is 6.19. The summed E-state index contributed by atoms with van der Waals surface area (Å²) < 4.78 is 5.55. The smallest absolute Gasteiger partial charge is 0.172 e. The van der Waals surface area contributed by atoms with E-state index < -0.39 is 0 Å². The van der Waals surface area contributed by atoms with Crippen molar-refractivity contribution in [3.8, 4) is 0 Å². The molecule has 0 aliphatic carbocycles. The number of anilines is 1. The Hall–Kier alpha value is -1.76. The molecule has 0 spiro atoms. The summed E-state index contributed by atoms with van der Waals surface area (Å²) in [5.41, 5.74) is 1.17. The average Bonchev–Trinajstić information content (AvgIpc) is 2.62. The highest BCUT2D eigenvalue weighted by atomic mass is 35.5. The van der Waals surface area contributed by atoms with E-state index >= 15 is 0 Å². The Morgan fingerprint density at radius 2 is 2.12 bits per heavy atom. The molecule has 0 bridgehead atoms. The lowest BCUT2D eigenvalue weighted by atomic mass is 9.74. The summed E-state index contributed by atoms with van der Waals surface area (Å²) in [7, 11) is 0. The van der Waals surface area contributed by atoms with Gasteiger partial charge >= 0.3 is 0 Å². The summed E-state index contributed by atoms with van der Waals surface area (Å²) in [6.07, 6.45) is 6.73. The van der Waals surface area contributed by atoms with Crippen LogP contribution < -0.4 is 10.6 Å². The van der Waals surface area contributed by atoms with Gasteiger partial charge < -0.3 is 15.4 Å². The van der Waals surface area contributed by atoms with Crippen molar-refractivity contribution in [2.24, 2.45) is 0 Å². The fourth-order valence-corrected chi connectivity index (χ4v) is 3.29. The maximum Gasteiger partial charge on any atom is 0.172 e. The highest BCUT2D eigenvalue weighted by molar-refractivity contribution is 7.80. The lowest BCUT2D eigenvalue weighted by Gasteiger charge is -2.38.